The average molecular weight is 1840 g/mol. The maximum Gasteiger partial charge on any atom is 0.412 e. The van der Waals surface area contributed by atoms with E-state index >= 15 is 0 Å². The number of nitrogens with two attached hydrogens (primary N) is 1. The molecule has 8 unspecified atom stereocenters. The molecule has 5 aromatic carbocycles. The summed E-state index contributed by atoms with van der Waals surface area (Å²) in [6.45, 7) is 12.4. The number of nitrogen functional groups attached to an aromatic ring is 1. The van der Waals surface area contributed by atoms with Crippen LogP contribution < -0.4 is 32.3 Å². The number of carbonyl (C=O) groups excluding carboxylic acids is 11. The lowest BCUT2D eigenvalue weighted by Gasteiger charge is -2.45. The fourth-order valence-electron chi connectivity index (χ4n) is 17.2. The largest absolute Gasteiger partial charge is 0.481 e. The van der Waals surface area contributed by atoms with Gasteiger partial charge in [0, 0.05) is 111 Å². The summed E-state index contributed by atoms with van der Waals surface area (Å²) in [5.41, 5.74) is 20.3. The fourth-order valence-corrected chi connectivity index (χ4v) is 17.4. The van der Waals surface area contributed by atoms with E-state index in [9.17, 15) is 62.6 Å². The number of likely N-dealkylation sites (tertiary alicyclic amines) is 1. The van der Waals surface area contributed by atoms with E-state index in [2.05, 4.69) is 46.5 Å². The molecular formula is C102H116ClN11O19. The highest BCUT2D eigenvalue weighted by atomic mass is 35.5. The highest BCUT2D eigenvalue weighted by Crippen LogP contribution is 2.46. The van der Waals surface area contributed by atoms with Crippen molar-refractivity contribution in [2.24, 2.45) is 23.7 Å². The number of methoxy groups -OCH3 is 3. The third-order valence-electron chi connectivity index (χ3n) is 24.7. The SMILES string of the molecule is C.CCOC(=O)C1CCCC(C)C(=O)Nc2cc(CC(=O)OC)ccc2-c2ccnc1c2.CCOC(=O)C1CCCC(C)C(=O)Nc2cc(N)ccc2-c2ccnc1c2.COC(=O)Cc1ccc2c(c1)NC(=O)C(C)CCCC(C(=O)N1CCC[C@@]3(C1)OC(=O)Nc1ccc(Cl)cc13)c1cc-2ccn1.COC(=O)Cc1ccc2c(c1)NC(=O)C(C)CCCC(C(=O)O)c1cc-2ccn1. The van der Waals surface area contributed by atoms with Gasteiger partial charge in [0.1, 0.15) is 0 Å². The van der Waals surface area contributed by atoms with Crippen molar-refractivity contribution in [3.8, 4) is 44.5 Å². The number of piperidine rings is 1. The molecule has 1 spiro atoms. The van der Waals surface area contributed by atoms with E-state index in [0.717, 1.165) is 62.1 Å². The molecular weight excluding hydrogens is 1720 g/mol. The fraction of sp³-hybridized carbons (Fsp3) is 0.392. The minimum absolute atomic E-state index is 0. The van der Waals surface area contributed by atoms with Crippen LogP contribution in [0.4, 0.5) is 38.9 Å². The molecule has 9 aromatic rings. The molecule has 10 heterocycles. The molecule has 0 radical (unpaired) electrons. The zero-order chi connectivity index (χ0) is 94.5. The van der Waals surface area contributed by atoms with Crippen LogP contribution in [0.5, 0.6) is 0 Å². The molecule has 6 amide bonds. The molecule has 31 heteroatoms. The van der Waals surface area contributed by atoms with Crippen LogP contribution in [0.15, 0.2) is 164 Å². The summed E-state index contributed by atoms with van der Waals surface area (Å²) in [7, 11) is 4.02. The van der Waals surface area contributed by atoms with Crippen LogP contribution in [-0.4, -0.2) is 149 Å². The lowest BCUT2D eigenvalue weighted by atomic mass is 9.82. The van der Waals surface area contributed by atoms with Crippen molar-refractivity contribution < 1.29 is 91.1 Å². The third-order valence-corrected chi connectivity index (χ3v) is 24.9. The van der Waals surface area contributed by atoms with E-state index < -0.39 is 41.3 Å². The molecule has 0 aliphatic carbocycles. The predicted octanol–water partition coefficient (Wildman–Crippen LogP) is 17.7. The summed E-state index contributed by atoms with van der Waals surface area (Å²) < 4.78 is 30.8. The van der Waals surface area contributed by atoms with Gasteiger partial charge in [0.05, 0.1) is 118 Å². The Kier molecular flexibility index (Phi) is 34.8. The number of anilines is 6. The number of pyridine rings is 4. The van der Waals surface area contributed by atoms with Crippen LogP contribution in [0.25, 0.3) is 44.5 Å². The second-order valence-corrected chi connectivity index (χ2v) is 34.4. The van der Waals surface area contributed by atoms with Crippen LogP contribution in [0.3, 0.4) is 0 Å². The number of hydrogen-bond donors (Lipinski definition) is 7. The maximum absolute atomic E-state index is 14.4. The molecule has 6 aliphatic heterocycles. The number of rotatable bonds is 12. The molecule has 30 nitrogen and oxygen atoms in total. The van der Waals surface area contributed by atoms with Gasteiger partial charge in [-0.05, 0) is 214 Å². The molecule has 8 N–H and O–H groups in total. The van der Waals surface area contributed by atoms with E-state index in [1.54, 1.807) is 110 Å². The molecule has 15 rings (SSSR count). The number of hydrogen-bond acceptors (Lipinski definition) is 23. The number of esters is 5. The summed E-state index contributed by atoms with van der Waals surface area (Å²) in [6.07, 6.45) is 14.8. The minimum atomic E-state index is -1.01. The zero-order valence-electron chi connectivity index (χ0n) is 75.5. The summed E-state index contributed by atoms with van der Waals surface area (Å²) >= 11 is 6.35. The van der Waals surface area contributed by atoms with E-state index in [1.807, 2.05) is 100 Å². The summed E-state index contributed by atoms with van der Waals surface area (Å²) in [6, 6.07) is 41.8. The van der Waals surface area contributed by atoms with E-state index in [0.29, 0.717) is 176 Å². The molecule has 133 heavy (non-hydrogen) atoms. The van der Waals surface area contributed by atoms with E-state index in [-0.39, 0.29) is 116 Å². The lowest BCUT2D eigenvalue weighted by Crippen LogP contribution is -2.54. The number of nitrogens with zero attached hydrogens (tertiary/aromatic N) is 5. The molecule has 6 aliphatic rings. The molecule has 0 saturated carbocycles. The Balaban J connectivity index is 0.000000174. The van der Waals surface area contributed by atoms with Gasteiger partial charge in [0.15, 0.2) is 5.60 Å². The number of carboxylic acids is 1. The van der Waals surface area contributed by atoms with Crippen molar-refractivity contribution in [1.82, 2.24) is 24.8 Å². The average Bonchev–Trinajstić information content (AvgIpc) is 0.744. The molecule has 4 aromatic heterocycles. The van der Waals surface area contributed by atoms with Crippen molar-refractivity contribution in [2.45, 2.75) is 187 Å². The van der Waals surface area contributed by atoms with Gasteiger partial charge in [-0.15, -0.1) is 0 Å². The molecule has 9 atom stereocenters. The van der Waals surface area contributed by atoms with Crippen molar-refractivity contribution in [3.05, 3.63) is 214 Å². The second kappa shape index (κ2) is 46.4. The number of fused-ring (bicyclic) bond motifs is 18. The summed E-state index contributed by atoms with van der Waals surface area (Å²) in [5, 5.41) is 25.0. The van der Waals surface area contributed by atoms with Crippen molar-refractivity contribution >= 4 is 117 Å². The number of ether oxygens (including phenoxy) is 6. The van der Waals surface area contributed by atoms with Crippen molar-refractivity contribution in [2.75, 3.05) is 80.0 Å². The maximum atomic E-state index is 14.4. The predicted molar refractivity (Wildman–Crippen MR) is 504 cm³/mol. The van der Waals surface area contributed by atoms with Crippen LogP contribution in [0, 0.1) is 23.7 Å². The molecule has 1 fully saturated rings. The highest BCUT2D eigenvalue weighted by molar-refractivity contribution is 6.30. The summed E-state index contributed by atoms with van der Waals surface area (Å²) in [4.78, 5) is 170. The highest BCUT2D eigenvalue weighted by Gasteiger charge is 2.48. The Labute approximate surface area is 778 Å². The first-order chi connectivity index (χ1) is 63.4. The van der Waals surface area contributed by atoms with Crippen LogP contribution in [0.1, 0.15) is 208 Å². The zero-order valence-corrected chi connectivity index (χ0v) is 76.3. The quantitative estimate of drug-likeness (QED) is 0.0339. The van der Waals surface area contributed by atoms with Crippen molar-refractivity contribution in [3.63, 3.8) is 0 Å². The molecule has 8 bridgehead atoms. The smallest absolute Gasteiger partial charge is 0.412 e. The number of aliphatic carboxylic acids is 1. The second-order valence-electron chi connectivity index (χ2n) is 34.0. The molecule has 700 valence electrons. The van der Waals surface area contributed by atoms with Gasteiger partial charge in [0.25, 0.3) is 0 Å². The van der Waals surface area contributed by atoms with Crippen LogP contribution in [0.2, 0.25) is 5.02 Å². The number of carboxylic acid groups (broad SMARTS) is 1. The van der Waals surface area contributed by atoms with Crippen LogP contribution in [-0.2, 0) is 106 Å². The number of benzene rings is 5. The van der Waals surface area contributed by atoms with Gasteiger partial charge in [0.2, 0.25) is 29.5 Å². The van der Waals surface area contributed by atoms with Gasteiger partial charge in [-0.25, -0.2) is 4.79 Å². The number of halogens is 1. The third kappa shape index (κ3) is 25.5. The minimum Gasteiger partial charge on any atom is -0.481 e. The Hall–Kier alpha value is -13.8. The first kappa shape index (κ1) is 99.8. The van der Waals surface area contributed by atoms with Gasteiger partial charge in [-0.2, -0.15) is 0 Å². The summed E-state index contributed by atoms with van der Waals surface area (Å²) in [5.74, 6) is -6.26. The number of carbonyl (C=O) groups is 12. The normalized spacial score (nSPS) is 20.3. The van der Waals surface area contributed by atoms with E-state index in [1.165, 1.54) is 21.3 Å². The lowest BCUT2D eigenvalue weighted by molar-refractivity contribution is -0.146. The monoisotopic (exact) mass is 1830 g/mol. The van der Waals surface area contributed by atoms with Gasteiger partial charge in [-0.1, -0.05) is 115 Å². The number of nitrogens with one attached hydrogen (secondary N) is 5. The van der Waals surface area contributed by atoms with Gasteiger partial charge in [-0.3, -0.25) is 78.0 Å². The number of aromatic nitrogens is 4. The van der Waals surface area contributed by atoms with Crippen LogP contribution >= 0.6 is 11.6 Å². The first-order valence-corrected chi connectivity index (χ1v) is 45.1. The first-order valence-electron chi connectivity index (χ1n) is 44.7. The topological polar surface area (TPSA) is 421 Å². The van der Waals surface area contributed by atoms with Gasteiger partial charge >= 0.3 is 41.9 Å². The van der Waals surface area contributed by atoms with E-state index in [4.69, 9.17) is 45.8 Å². The Bertz CT molecular complexity index is 5810. The Morgan fingerprint density at radius 3 is 1.17 bits per heavy atom. The van der Waals surface area contributed by atoms with Gasteiger partial charge < -0.3 is 65.4 Å². The Morgan fingerprint density at radius 1 is 0.444 bits per heavy atom. The Morgan fingerprint density at radius 2 is 0.797 bits per heavy atom. The number of amides is 6. The standard InChI is InChI=1S/C34H35ClN4O6.C24H28N2O5.C22H24N2O5.C21H25N3O3.CH4/c1-20-5-3-6-25(32(42)39-14-4-12-34(19-39)26-18-23(35)8-10-27(26)38-33(43)45-34)28-17-22(11-13-36-28)24-9-7-21(16-30(40)44-2)15-29(24)37-31(20)41;1-4-31-24(29)19-7-5-6-15(2)23(28)26-21-12-16(13-22(27)30-3)8-9-18(21)17-10-11-25-20(19)14-17;1-13-4-3-5-17(22(27)28)18-12-15(8-9-23-18)16-7-6-14(11-20(25)29-2)10-19(16)24-21(13)26;1-3-27-21(26)17-6-4-5-13(2)20(25)24-19-12-15(22)7-8-16(19)14-9-10-23-18(17)11-14;/h7-11,13,15,17-18,20,25H,3-6,12,14,16,19H2,1-2H3,(H,37,41)(H,38,43);8-12,14-15,19H,4-7,13H2,1-3H3,(H,26,28);6-10,12-13,17H,3-5,11H2,1-2H3,(H,24,26)(H,27,28);7-13,17H,3-6,22H2,1-2H3,(H,24,25);1H4/t20?,25?,34-;;;;/m0..../s1. The van der Waals surface area contributed by atoms with Crippen molar-refractivity contribution in [1.29, 1.82) is 0 Å². The molecule has 1 saturated heterocycles.